The van der Waals surface area contributed by atoms with Crippen LogP contribution in [0.2, 0.25) is 0 Å². The smallest absolute Gasteiger partial charge is 0.317 e. The molecule has 0 rings (SSSR count). The lowest BCUT2D eigenvalue weighted by molar-refractivity contribution is -0.143. The summed E-state index contributed by atoms with van der Waals surface area (Å²) >= 11 is 0. The van der Waals surface area contributed by atoms with Crippen molar-refractivity contribution in [1.82, 2.24) is 9.80 Å². The highest BCUT2D eigenvalue weighted by Crippen LogP contribution is 1.92. The predicted molar refractivity (Wildman–Crippen MR) is 84.1 cm³/mol. The van der Waals surface area contributed by atoms with Crippen molar-refractivity contribution in [3.05, 3.63) is 0 Å². The molecule has 0 bridgehead atoms. The zero-order chi connectivity index (χ0) is 19.6. The van der Waals surface area contributed by atoms with E-state index in [1.165, 1.54) is 9.80 Å². The van der Waals surface area contributed by atoms with Crippen LogP contribution in [0.1, 0.15) is 0 Å². The molecule has 0 aliphatic heterocycles. The third kappa shape index (κ3) is 15.3. The van der Waals surface area contributed by atoms with Crippen LogP contribution in [0.4, 0.5) is 0 Å². The van der Waals surface area contributed by atoms with Gasteiger partial charge in [-0.15, -0.1) is 0 Å². The summed E-state index contributed by atoms with van der Waals surface area (Å²) < 4.78 is 19.7. The molecule has 0 aliphatic carbocycles. The van der Waals surface area contributed by atoms with Crippen molar-refractivity contribution in [2.45, 2.75) is 0 Å². The molecule has 2 N–H and O–H groups in total. The van der Waals surface area contributed by atoms with Crippen LogP contribution in [0, 0.1) is 0 Å². The maximum absolute atomic E-state index is 10.6. The summed E-state index contributed by atoms with van der Waals surface area (Å²) in [7, 11) is 0. The Labute approximate surface area is 150 Å². The molecule has 0 aromatic heterocycles. The molecule has 26 heavy (non-hydrogen) atoms. The molecule has 150 valence electrons. The Kier molecular flexibility index (Phi) is 14.8. The molecule has 0 unspecified atom stereocenters. The van der Waals surface area contributed by atoms with Gasteiger partial charge in [0.15, 0.2) is 0 Å². The topological polar surface area (TPSA) is 152 Å². The van der Waals surface area contributed by atoms with Crippen LogP contribution in [0.25, 0.3) is 0 Å². The molecule has 0 fully saturated rings. The molecule has 0 radical (unpaired) electrons. The number of nitrogens with zero attached hydrogens (tertiary/aromatic N) is 2. The zero-order valence-electron chi connectivity index (χ0n) is 14.3. The molecule has 12 nitrogen and oxygen atoms in total. The van der Waals surface area contributed by atoms with Gasteiger partial charge >= 0.3 is 11.9 Å². The normalized spacial score (nSPS) is 10.7. The Morgan fingerprint density at radius 2 is 1.15 bits per heavy atom. The number of ether oxygens (including phenoxy) is 4. The van der Waals surface area contributed by atoms with Crippen LogP contribution in [-0.4, -0.2) is 111 Å². The Morgan fingerprint density at radius 1 is 0.731 bits per heavy atom. The quantitative estimate of drug-likeness (QED) is 0.145. The average Bonchev–Trinajstić information content (AvgIpc) is 2.57. The third-order valence-corrected chi connectivity index (χ3v) is 2.84. The van der Waals surface area contributed by atoms with E-state index in [4.69, 9.17) is 19.7 Å². The Balaban J connectivity index is 3.76. The van der Waals surface area contributed by atoms with E-state index in [1.807, 2.05) is 0 Å². The Morgan fingerprint density at radius 3 is 1.54 bits per heavy atom. The third-order valence-electron chi connectivity index (χ3n) is 2.84. The van der Waals surface area contributed by atoms with Crippen LogP contribution < -0.4 is 0 Å². The van der Waals surface area contributed by atoms with Crippen LogP contribution in [0.5, 0.6) is 0 Å². The number of carboxylic acids is 2. The van der Waals surface area contributed by atoms with E-state index >= 15 is 0 Å². The summed E-state index contributed by atoms with van der Waals surface area (Å²) in [5.41, 5.74) is 0. The summed E-state index contributed by atoms with van der Waals surface area (Å²) in [6, 6.07) is 0. The number of hydrogen-bond acceptors (Lipinski definition) is 10. The molecule has 0 saturated heterocycles. The minimum absolute atomic E-state index is 0.0415. The van der Waals surface area contributed by atoms with Crippen molar-refractivity contribution < 1.29 is 48.3 Å². The van der Waals surface area contributed by atoms with Crippen LogP contribution >= 0.6 is 0 Å². The van der Waals surface area contributed by atoms with Gasteiger partial charge in [-0.2, -0.15) is 0 Å². The summed E-state index contributed by atoms with van der Waals surface area (Å²) in [5, 5.41) is 17.4. The van der Waals surface area contributed by atoms with Gasteiger partial charge in [0.25, 0.3) is 12.9 Å². The highest BCUT2D eigenvalue weighted by Gasteiger charge is 2.12. The van der Waals surface area contributed by atoms with Gasteiger partial charge in [-0.25, -0.2) is 4.90 Å². The van der Waals surface area contributed by atoms with E-state index in [9.17, 15) is 19.2 Å². The van der Waals surface area contributed by atoms with Crippen LogP contribution in [0.3, 0.4) is 0 Å². The van der Waals surface area contributed by atoms with Crippen molar-refractivity contribution >= 4 is 24.9 Å². The number of hydrogen-bond donors (Lipinski definition) is 2. The first kappa shape index (κ1) is 23.7. The Hall–Kier alpha value is -2.28. The van der Waals surface area contributed by atoms with Crippen molar-refractivity contribution in [2.75, 3.05) is 66.1 Å². The molecule has 0 heterocycles. The first-order chi connectivity index (χ1) is 12.5. The molecule has 0 aromatic rings. The minimum Gasteiger partial charge on any atom is -0.480 e. The van der Waals surface area contributed by atoms with Gasteiger partial charge in [-0.05, 0) is 0 Å². The lowest BCUT2D eigenvalue weighted by Gasteiger charge is -2.19. The highest BCUT2D eigenvalue weighted by atomic mass is 16.6. The number of aliphatic carboxylic acids is 2. The molecular weight excluding hydrogens is 356 g/mol. The maximum Gasteiger partial charge on any atom is 0.317 e. The molecule has 0 aromatic carbocycles. The number of carbonyl (C=O) groups excluding carboxylic acids is 2. The molecular formula is C14H24N2O10. The van der Waals surface area contributed by atoms with Crippen LogP contribution in [0.15, 0.2) is 0 Å². The van der Waals surface area contributed by atoms with Crippen molar-refractivity contribution in [1.29, 1.82) is 0 Å². The average molecular weight is 380 g/mol. The first-order valence-electron chi connectivity index (χ1n) is 7.63. The van der Waals surface area contributed by atoms with Crippen molar-refractivity contribution in [2.24, 2.45) is 0 Å². The second-order valence-electron chi connectivity index (χ2n) is 4.90. The molecule has 0 amide bonds. The second-order valence-corrected chi connectivity index (χ2v) is 4.90. The summed E-state index contributed by atoms with van der Waals surface area (Å²) in [4.78, 5) is 44.3. The predicted octanol–water partition coefficient (Wildman–Crippen LogP) is -1.95. The van der Waals surface area contributed by atoms with Gasteiger partial charge in [0.2, 0.25) is 0 Å². The molecule has 0 spiro atoms. The van der Waals surface area contributed by atoms with E-state index in [-0.39, 0.29) is 72.5 Å². The van der Waals surface area contributed by atoms with Crippen molar-refractivity contribution in [3.63, 3.8) is 0 Å². The maximum atomic E-state index is 10.6. The van der Waals surface area contributed by atoms with E-state index in [0.717, 1.165) is 0 Å². The van der Waals surface area contributed by atoms with Crippen molar-refractivity contribution in [3.8, 4) is 0 Å². The molecule has 0 saturated carbocycles. The largest absolute Gasteiger partial charge is 0.480 e. The molecule has 0 aliphatic rings. The van der Waals surface area contributed by atoms with Gasteiger partial charge in [0.1, 0.15) is 13.5 Å². The van der Waals surface area contributed by atoms with Gasteiger partial charge in [-0.1, -0.05) is 0 Å². The summed E-state index contributed by atoms with van der Waals surface area (Å²) in [6.07, 6.45) is 0. The fourth-order valence-electron chi connectivity index (χ4n) is 1.74. The highest BCUT2D eigenvalue weighted by molar-refractivity contribution is 5.72. The first-order valence-corrected chi connectivity index (χ1v) is 7.63. The number of carbonyl (C=O) groups is 4. The van der Waals surface area contributed by atoms with Gasteiger partial charge < -0.3 is 29.2 Å². The standard InChI is InChI=1S/C14H24N2O10/c17-11-25-9-16(10-26-12-18)2-4-24-6-5-23-3-1-15(7-13(19)20)8-14(21)22/h11-12H,1-10H2,(H,19,20)(H,21,22). The van der Waals surface area contributed by atoms with E-state index in [1.54, 1.807) is 0 Å². The van der Waals surface area contributed by atoms with Gasteiger partial charge in [-0.3, -0.25) is 24.1 Å². The molecule has 0 atom stereocenters. The lowest BCUT2D eigenvalue weighted by atomic mass is 10.4. The van der Waals surface area contributed by atoms with Gasteiger partial charge in [0.05, 0.1) is 39.5 Å². The summed E-state index contributed by atoms with van der Waals surface area (Å²) in [6.45, 7) is 1.17. The monoisotopic (exact) mass is 380 g/mol. The van der Waals surface area contributed by atoms with E-state index in [0.29, 0.717) is 6.54 Å². The summed E-state index contributed by atoms with van der Waals surface area (Å²) in [5.74, 6) is -2.23. The minimum atomic E-state index is -1.11. The number of carboxylic acid groups (broad SMARTS) is 2. The van der Waals surface area contributed by atoms with E-state index in [2.05, 4.69) is 9.47 Å². The lowest BCUT2D eigenvalue weighted by Crippen LogP contribution is -2.37. The zero-order valence-corrected chi connectivity index (χ0v) is 14.3. The van der Waals surface area contributed by atoms with Gasteiger partial charge in [0, 0.05) is 13.1 Å². The SMILES string of the molecule is O=COCN(CCOCCOCCN(CC(=O)O)CC(=O)O)COC=O. The Bertz CT molecular complexity index is 393. The van der Waals surface area contributed by atoms with Crippen LogP contribution in [-0.2, 0) is 38.1 Å². The molecule has 12 heteroatoms. The number of rotatable bonds is 19. The van der Waals surface area contributed by atoms with E-state index < -0.39 is 11.9 Å². The second kappa shape index (κ2) is 16.2. The fraction of sp³-hybridized carbons (Fsp3) is 0.714. The fourth-order valence-corrected chi connectivity index (χ4v) is 1.74.